The largest absolute Gasteiger partial charge is 0.392 e. The third-order valence-electron chi connectivity index (χ3n) is 6.82. The molecule has 3 saturated heterocycles. The van der Waals surface area contributed by atoms with Gasteiger partial charge in [-0.2, -0.15) is 0 Å². The van der Waals surface area contributed by atoms with Gasteiger partial charge in [0.2, 0.25) is 11.8 Å². The summed E-state index contributed by atoms with van der Waals surface area (Å²) >= 11 is 0. The van der Waals surface area contributed by atoms with Gasteiger partial charge in [0.15, 0.2) is 0 Å². The van der Waals surface area contributed by atoms with E-state index in [1.807, 2.05) is 4.90 Å². The van der Waals surface area contributed by atoms with Crippen LogP contribution in [0, 0.1) is 0 Å². The number of aliphatic hydroxyl groups is 1. The van der Waals surface area contributed by atoms with Crippen LogP contribution in [0.4, 0.5) is 0 Å². The Morgan fingerprint density at radius 3 is 2.54 bits per heavy atom. The quantitative estimate of drug-likeness (QED) is 0.722. The molecule has 4 fully saturated rings. The molecule has 0 bridgehead atoms. The molecule has 1 saturated carbocycles. The highest BCUT2D eigenvalue weighted by molar-refractivity contribution is 5.78. The molecular weight excluding hydrogens is 332 g/mol. The summed E-state index contributed by atoms with van der Waals surface area (Å²) < 4.78 is 0. The molecule has 4 rings (SSSR count). The molecule has 4 aliphatic rings. The first-order chi connectivity index (χ1) is 12.5. The van der Waals surface area contributed by atoms with E-state index in [0.29, 0.717) is 19.5 Å². The van der Waals surface area contributed by atoms with Crippen molar-refractivity contribution in [2.75, 3.05) is 39.3 Å². The van der Waals surface area contributed by atoms with Crippen molar-refractivity contribution < 1.29 is 14.7 Å². The van der Waals surface area contributed by atoms with Crippen molar-refractivity contribution in [2.24, 2.45) is 0 Å². The van der Waals surface area contributed by atoms with Crippen molar-refractivity contribution >= 4 is 11.8 Å². The minimum absolute atomic E-state index is 0.0205. The lowest BCUT2D eigenvalue weighted by Gasteiger charge is -2.62. The Labute approximate surface area is 155 Å². The minimum Gasteiger partial charge on any atom is -0.392 e. The van der Waals surface area contributed by atoms with E-state index >= 15 is 0 Å². The van der Waals surface area contributed by atoms with Gasteiger partial charge in [-0.25, -0.2) is 0 Å². The Morgan fingerprint density at radius 1 is 1.12 bits per heavy atom. The topological polar surface area (TPSA) is 76.1 Å². The molecule has 3 heterocycles. The molecule has 2 unspecified atom stereocenters. The molecule has 7 nitrogen and oxygen atoms in total. The SMILES string of the molecule is CC(=O)NCCC(=O)N1CC2CC(O)CN2C2(C1)CN(C1CCCC1)C2. The number of nitrogens with zero attached hydrogens (tertiary/aromatic N) is 3. The summed E-state index contributed by atoms with van der Waals surface area (Å²) in [5, 5.41) is 12.9. The van der Waals surface area contributed by atoms with Crippen molar-refractivity contribution in [2.45, 2.75) is 69.2 Å². The van der Waals surface area contributed by atoms with Gasteiger partial charge in [-0.1, -0.05) is 12.8 Å². The highest BCUT2D eigenvalue weighted by atomic mass is 16.3. The van der Waals surface area contributed by atoms with Crippen molar-refractivity contribution in [3.63, 3.8) is 0 Å². The maximum atomic E-state index is 12.7. The fraction of sp³-hybridized carbons (Fsp3) is 0.895. The van der Waals surface area contributed by atoms with Gasteiger partial charge in [-0.3, -0.25) is 19.4 Å². The van der Waals surface area contributed by atoms with E-state index in [1.165, 1.54) is 32.6 Å². The van der Waals surface area contributed by atoms with E-state index in [2.05, 4.69) is 15.1 Å². The van der Waals surface area contributed by atoms with Crippen molar-refractivity contribution in [3.05, 3.63) is 0 Å². The van der Waals surface area contributed by atoms with E-state index in [1.54, 1.807) is 0 Å². The highest BCUT2D eigenvalue weighted by Crippen LogP contribution is 2.41. The maximum absolute atomic E-state index is 12.7. The lowest BCUT2D eigenvalue weighted by atomic mass is 9.82. The van der Waals surface area contributed by atoms with Gasteiger partial charge in [0.1, 0.15) is 0 Å². The molecule has 0 aromatic heterocycles. The third kappa shape index (κ3) is 3.37. The Morgan fingerprint density at radius 2 is 1.85 bits per heavy atom. The van der Waals surface area contributed by atoms with Crippen LogP contribution < -0.4 is 5.32 Å². The van der Waals surface area contributed by atoms with Gasteiger partial charge < -0.3 is 15.3 Å². The molecule has 3 aliphatic heterocycles. The number of carbonyl (C=O) groups is 2. The summed E-state index contributed by atoms with van der Waals surface area (Å²) in [6, 6.07) is 0.992. The lowest BCUT2D eigenvalue weighted by molar-refractivity contribution is -0.153. The fourth-order valence-electron chi connectivity index (χ4n) is 5.62. The second-order valence-electron chi connectivity index (χ2n) is 8.77. The molecule has 0 aromatic carbocycles. The van der Waals surface area contributed by atoms with Crippen molar-refractivity contribution in [3.8, 4) is 0 Å². The first kappa shape index (κ1) is 18.2. The molecule has 26 heavy (non-hydrogen) atoms. The molecule has 2 N–H and O–H groups in total. The van der Waals surface area contributed by atoms with Gasteiger partial charge in [0.05, 0.1) is 11.6 Å². The van der Waals surface area contributed by atoms with Crippen LogP contribution in [0.25, 0.3) is 0 Å². The number of hydrogen-bond acceptors (Lipinski definition) is 5. The van der Waals surface area contributed by atoms with E-state index < -0.39 is 0 Å². The molecule has 7 heteroatoms. The Hall–Kier alpha value is -1.18. The number of hydrogen-bond donors (Lipinski definition) is 2. The van der Waals surface area contributed by atoms with Crippen LogP contribution in [0.2, 0.25) is 0 Å². The third-order valence-corrected chi connectivity index (χ3v) is 6.82. The van der Waals surface area contributed by atoms with E-state index in [-0.39, 0.29) is 29.5 Å². The number of β-amino-alcohol motifs (C(OH)–C–C–N with tert-alkyl or cyclic N) is 1. The van der Waals surface area contributed by atoms with Gasteiger partial charge in [0, 0.05) is 64.7 Å². The van der Waals surface area contributed by atoms with Crippen LogP contribution in [-0.2, 0) is 9.59 Å². The monoisotopic (exact) mass is 364 g/mol. The average molecular weight is 364 g/mol. The number of amides is 2. The predicted octanol–water partition coefficient (Wildman–Crippen LogP) is -0.213. The number of nitrogens with one attached hydrogen (secondary N) is 1. The molecule has 2 atom stereocenters. The molecule has 146 valence electrons. The van der Waals surface area contributed by atoms with Crippen LogP contribution in [0.3, 0.4) is 0 Å². The molecule has 2 amide bonds. The molecule has 0 radical (unpaired) electrons. The number of rotatable bonds is 4. The summed E-state index contributed by atoms with van der Waals surface area (Å²) in [5.41, 5.74) is 0.0205. The van der Waals surface area contributed by atoms with E-state index in [0.717, 1.165) is 38.6 Å². The summed E-state index contributed by atoms with van der Waals surface area (Å²) in [4.78, 5) is 30.8. The number of likely N-dealkylation sites (tertiary alicyclic amines) is 1. The number of fused-ring (bicyclic) bond motifs is 2. The molecule has 0 aromatic rings. The second-order valence-corrected chi connectivity index (χ2v) is 8.77. The van der Waals surface area contributed by atoms with Crippen molar-refractivity contribution in [1.82, 2.24) is 20.0 Å². The van der Waals surface area contributed by atoms with Crippen LogP contribution in [0.15, 0.2) is 0 Å². The van der Waals surface area contributed by atoms with Gasteiger partial charge >= 0.3 is 0 Å². The van der Waals surface area contributed by atoms with Crippen LogP contribution in [-0.4, -0.2) is 94.6 Å². The Kier molecular flexibility index (Phi) is 4.96. The van der Waals surface area contributed by atoms with Gasteiger partial charge in [-0.15, -0.1) is 0 Å². The van der Waals surface area contributed by atoms with E-state index in [9.17, 15) is 14.7 Å². The molecule has 1 spiro atoms. The van der Waals surface area contributed by atoms with E-state index in [4.69, 9.17) is 0 Å². The first-order valence-electron chi connectivity index (χ1n) is 10.2. The van der Waals surface area contributed by atoms with Gasteiger partial charge in [-0.05, 0) is 19.3 Å². The number of carbonyl (C=O) groups excluding carboxylic acids is 2. The highest BCUT2D eigenvalue weighted by Gasteiger charge is 2.57. The number of piperazine rings is 1. The Bertz CT molecular complexity index is 557. The zero-order chi connectivity index (χ0) is 18.3. The molecular formula is C19H32N4O3. The maximum Gasteiger partial charge on any atom is 0.224 e. The average Bonchev–Trinajstić information content (AvgIpc) is 3.19. The van der Waals surface area contributed by atoms with Crippen LogP contribution in [0.1, 0.15) is 45.4 Å². The summed E-state index contributed by atoms with van der Waals surface area (Å²) in [6.07, 6.45) is 6.15. The van der Waals surface area contributed by atoms with Gasteiger partial charge in [0.25, 0.3) is 0 Å². The lowest BCUT2D eigenvalue weighted by Crippen LogP contribution is -2.79. The second kappa shape index (κ2) is 7.09. The van der Waals surface area contributed by atoms with Crippen LogP contribution >= 0.6 is 0 Å². The number of aliphatic hydroxyl groups excluding tert-OH is 1. The standard InChI is InChI=1S/C19H32N4O3/c1-14(24)20-7-6-18(26)21-9-16-8-17(25)10-23(16)19(11-21)12-22(13-19)15-4-2-3-5-15/h15-17,25H,2-13H2,1H3,(H,20,24). The zero-order valence-electron chi connectivity index (χ0n) is 15.8. The summed E-state index contributed by atoms with van der Waals surface area (Å²) in [5.74, 6) is 0.0303. The van der Waals surface area contributed by atoms with Crippen molar-refractivity contribution in [1.29, 1.82) is 0 Å². The summed E-state index contributed by atoms with van der Waals surface area (Å²) in [6.45, 7) is 6.15. The minimum atomic E-state index is -0.271. The Balaban J connectivity index is 1.41. The first-order valence-corrected chi connectivity index (χ1v) is 10.2. The zero-order valence-corrected chi connectivity index (χ0v) is 15.8. The smallest absolute Gasteiger partial charge is 0.224 e. The molecule has 1 aliphatic carbocycles. The predicted molar refractivity (Wildman–Crippen MR) is 97.6 cm³/mol. The fourth-order valence-corrected chi connectivity index (χ4v) is 5.62. The summed E-state index contributed by atoms with van der Waals surface area (Å²) in [7, 11) is 0. The normalized spacial score (nSPS) is 31.8. The van der Waals surface area contributed by atoms with Crippen LogP contribution in [0.5, 0.6) is 0 Å².